The molecule has 50 heavy (non-hydrogen) atoms. The maximum Gasteiger partial charge on any atom is 0.186 e. The summed E-state index contributed by atoms with van der Waals surface area (Å²) in [7, 11) is 0. The Balaban J connectivity index is 1.19. The van der Waals surface area contributed by atoms with Gasteiger partial charge in [-0.3, -0.25) is 9.59 Å². The molecule has 0 fully saturated rings. The zero-order valence-electron chi connectivity index (χ0n) is 28.0. The Labute approximate surface area is 292 Å². The quantitative estimate of drug-likeness (QED) is 0.0937. The number of aldehydes is 1. The first-order chi connectivity index (χ1) is 24.4. The van der Waals surface area contributed by atoms with E-state index >= 15 is 0 Å². The number of allylic oxidation sites excluding steroid dienone is 1. The van der Waals surface area contributed by atoms with Crippen LogP contribution in [-0.4, -0.2) is 12.1 Å². The molecule has 7 aromatic carbocycles. The molecular formula is C47H35NO2. The minimum atomic E-state index is -0.206. The van der Waals surface area contributed by atoms with E-state index < -0.39 is 0 Å². The number of ketones is 1. The van der Waals surface area contributed by atoms with Gasteiger partial charge in [0.15, 0.2) is 12.1 Å². The summed E-state index contributed by atoms with van der Waals surface area (Å²) >= 11 is 0. The summed E-state index contributed by atoms with van der Waals surface area (Å²) in [5.41, 5.74) is 12.2. The summed E-state index contributed by atoms with van der Waals surface area (Å²) < 4.78 is 0. The normalized spacial score (nSPS) is 12.8. The summed E-state index contributed by atoms with van der Waals surface area (Å²) in [6.07, 6.45) is 4.12. The van der Waals surface area contributed by atoms with Crippen molar-refractivity contribution < 1.29 is 9.59 Å². The van der Waals surface area contributed by atoms with Crippen molar-refractivity contribution >= 4 is 46.0 Å². The molecule has 1 aliphatic carbocycles. The summed E-state index contributed by atoms with van der Waals surface area (Å²) in [5, 5.41) is 1.86. The highest BCUT2D eigenvalue weighted by molar-refractivity contribution is 6.13. The molecule has 0 bridgehead atoms. The third kappa shape index (κ3) is 5.43. The molecule has 0 spiro atoms. The smallest absolute Gasteiger partial charge is 0.186 e. The molecule has 0 unspecified atom stereocenters. The topological polar surface area (TPSA) is 37.4 Å². The number of rotatable bonds is 8. The largest absolute Gasteiger partial charge is 0.310 e. The number of benzene rings is 7. The molecule has 0 amide bonds. The Morgan fingerprint density at radius 2 is 1.20 bits per heavy atom. The Morgan fingerprint density at radius 3 is 1.96 bits per heavy atom. The van der Waals surface area contributed by atoms with Crippen molar-refractivity contribution in [1.29, 1.82) is 0 Å². The second-order valence-corrected chi connectivity index (χ2v) is 13.3. The van der Waals surface area contributed by atoms with Crippen LogP contribution in [0.25, 0.3) is 39.1 Å². The second kappa shape index (κ2) is 12.6. The molecule has 240 valence electrons. The lowest BCUT2D eigenvalue weighted by molar-refractivity contribution is 0.103. The average Bonchev–Trinajstić information content (AvgIpc) is 3.40. The van der Waals surface area contributed by atoms with Crippen molar-refractivity contribution in [2.24, 2.45) is 0 Å². The van der Waals surface area contributed by atoms with Crippen LogP contribution >= 0.6 is 0 Å². The fourth-order valence-corrected chi connectivity index (χ4v) is 7.35. The molecule has 8 rings (SSSR count). The Kier molecular flexibility index (Phi) is 7.81. The molecule has 3 heteroatoms. The molecular weight excluding hydrogens is 611 g/mol. The first-order valence-electron chi connectivity index (χ1n) is 16.9. The maximum atomic E-state index is 13.3. The number of anilines is 3. The highest BCUT2D eigenvalue weighted by atomic mass is 16.1. The number of carbonyl (C=O) groups excluding carboxylic acids is 2. The Bertz CT molecular complexity index is 2440. The number of para-hydroxylation sites is 1. The number of fused-ring (bicyclic) bond motifs is 4. The average molecular weight is 646 g/mol. The lowest BCUT2D eigenvalue weighted by Gasteiger charge is -2.30. The predicted octanol–water partition coefficient (Wildman–Crippen LogP) is 12.0. The van der Waals surface area contributed by atoms with Gasteiger partial charge in [-0.15, -0.1) is 0 Å². The first-order valence-corrected chi connectivity index (χ1v) is 16.9. The number of carbonyl (C=O) groups is 2. The number of hydrogen-bond donors (Lipinski definition) is 0. The van der Waals surface area contributed by atoms with Crippen LogP contribution in [0.1, 0.15) is 51.3 Å². The van der Waals surface area contributed by atoms with Crippen molar-refractivity contribution in [3.05, 3.63) is 192 Å². The van der Waals surface area contributed by atoms with E-state index in [1.165, 1.54) is 22.3 Å². The predicted molar refractivity (Wildman–Crippen MR) is 207 cm³/mol. The molecule has 0 heterocycles. The molecule has 0 atom stereocenters. The first kappa shape index (κ1) is 31.0. The van der Waals surface area contributed by atoms with Gasteiger partial charge in [-0.05, 0) is 92.7 Å². The van der Waals surface area contributed by atoms with Crippen molar-refractivity contribution in [3.8, 4) is 22.3 Å². The molecule has 0 saturated heterocycles. The minimum Gasteiger partial charge on any atom is -0.310 e. The fraction of sp³-hybridized carbons (Fsp3) is 0.0638. The van der Waals surface area contributed by atoms with Crippen LogP contribution in [-0.2, 0) is 5.41 Å². The van der Waals surface area contributed by atoms with Gasteiger partial charge in [-0.2, -0.15) is 0 Å². The van der Waals surface area contributed by atoms with Gasteiger partial charge in [0.2, 0.25) is 0 Å². The summed E-state index contributed by atoms with van der Waals surface area (Å²) in [6, 6.07) is 54.2. The second-order valence-electron chi connectivity index (χ2n) is 13.3. The zero-order chi connectivity index (χ0) is 34.2. The minimum absolute atomic E-state index is 0.136. The van der Waals surface area contributed by atoms with E-state index in [1.807, 2.05) is 48.5 Å². The van der Waals surface area contributed by atoms with E-state index in [1.54, 1.807) is 18.2 Å². The number of hydrogen-bond acceptors (Lipinski definition) is 3. The summed E-state index contributed by atoms with van der Waals surface area (Å²) in [5.74, 6) is -0.206. The van der Waals surface area contributed by atoms with Crippen LogP contribution in [0.4, 0.5) is 17.1 Å². The molecule has 7 aromatic rings. The van der Waals surface area contributed by atoms with Gasteiger partial charge in [0.25, 0.3) is 0 Å². The third-order valence-corrected chi connectivity index (χ3v) is 9.94. The van der Waals surface area contributed by atoms with Crippen LogP contribution < -0.4 is 4.90 Å². The highest BCUT2D eigenvalue weighted by Gasteiger charge is 2.35. The molecule has 0 N–H and O–H groups in total. The highest BCUT2D eigenvalue weighted by Crippen LogP contribution is 2.51. The molecule has 3 nitrogen and oxygen atoms in total. The van der Waals surface area contributed by atoms with Crippen molar-refractivity contribution in [3.63, 3.8) is 0 Å². The van der Waals surface area contributed by atoms with Crippen LogP contribution in [0.2, 0.25) is 0 Å². The van der Waals surface area contributed by atoms with E-state index in [0.717, 1.165) is 50.8 Å². The van der Waals surface area contributed by atoms with Crippen molar-refractivity contribution in [1.82, 2.24) is 0 Å². The van der Waals surface area contributed by atoms with Gasteiger partial charge in [-0.25, -0.2) is 0 Å². The maximum absolute atomic E-state index is 13.3. The van der Waals surface area contributed by atoms with E-state index in [-0.39, 0.29) is 11.2 Å². The lowest BCUT2D eigenvalue weighted by atomic mass is 9.82. The van der Waals surface area contributed by atoms with E-state index in [9.17, 15) is 9.59 Å². The molecule has 1 aliphatic rings. The standard InChI is InChI=1S/C47H35NO2/c1-47(2)43-18-10-8-17-40(43)41-26-25-38(30-44(41)47)48(45-19-11-9-16-39(45)33-12-4-3-5-13-33)37-23-20-32(21-24-37)22-27-46(50)42-29-35-15-7-6-14-34(35)28-36(42)31-49/h3-31H,1-2H3/b27-22-. The van der Waals surface area contributed by atoms with Gasteiger partial charge < -0.3 is 4.90 Å². The molecule has 0 saturated carbocycles. The van der Waals surface area contributed by atoms with Crippen LogP contribution in [0.3, 0.4) is 0 Å². The third-order valence-electron chi connectivity index (χ3n) is 9.94. The number of nitrogens with zero attached hydrogens (tertiary/aromatic N) is 1. The lowest BCUT2D eigenvalue weighted by Crippen LogP contribution is -2.16. The van der Waals surface area contributed by atoms with Crippen molar-refractivity contribution in [2.45, 2.75) is 19.3 Å². The molecule has 0 radical (unpaired) electrons. The monoisotopic (exact) mass is 645 g/mol. The van der Waals surface area contributed by atoms with Gasteiger partial charge in [0.05, 0.1) is 5.69 Å². The molecule has 0 aromatic heterocycles. The summed E-state index contributed by atoms with van der Waals surface area (Å²) in [6.45, 7) is 4.62. The molecule has 0 aliphatic heterocycles. The SMILES string of the molecule is CC1(C)c2ccccc2-c2ccc(N(c3ccc(/C=C\C(=O)c4cc5ccccc5cc4C=O)cc3)c3ccccc3-c3ccccc3)cc21. The van der Waals surface area contributed by atoms with Gasteiger partial charge >= 0.3 is 0 Å². The van der Waals surface area contributed by atoms with Gasteiger partial charge in [0, 0.05) is 33.5 Å². The van der Waals surface area contributed by atoms with Gasteiger partial charge in [-0.1, -0.05) is 135 Å². The Morgan fingerprint density at radius 1 is 0.580 bits per heavy atom. The van der Waals surface area contributed by atoms with E-state index in [2.05, 4.69) is 122 Å². The summed E-state index contributed by atoms with van der Waals surface area (Å²) in [4.78, 5) is 27.5. The fourth-order valence-electron chi connectivity index (χ4n) is 7.35. The van der Waals surface area contributed by atoms with Crippen LogP contribution in [0, 0.1) is 0 Å². The van der Waals surface area contributed by atoms with Gasteiger partial charge in [0.1, 0.15) is 0 Å². The van der Waals surface area contributed by atoms with Crippen LogP contribution in [0.5, 0.6) is 0 Å². The van der Waals surface area contributed by atoms with Crippen LogP contribution in [0.15, 0.2) is 164 Å². The van der Waals surface area contributed by atoms with E-state index in [4.69, 9.17) is 0 Å². The van der Waals surface area contributed by atoms with Crippen molar-refractivity contribution in [2.75, 3.05) is 4.90 Å². The zero-order valence-corrected chi connectivity index (χ0v) is 28.0. The Hall–Kier alpha value is -6.32. The van der Waals surface area contributed by atoms with E-state index in [0.29, 0.717) is 11.1 Å².